The Morgan fingerprint density at radius 3 is 1.94 bits per heavy atom. The normalized spacial score (nSPS) is 11.9. The van der Waals surface area contributed by atoms with Gasteiger partial charge in [0.1, 0.15) is 0 Å². The van der Waals surface area contributed by atoms with Crippen LogP contribution in [0.25, 0.3) is 0 Å². The average Bonchev–Trinajstić information content (AvgIpc) is 2.26. The molecule has 0 amide bonds. The zero-order valence-corrected chi connectivity index (χ0v) is 14.5. The fourth-order valence-electron chi connectivity index (χ4n) is 1.80. The third-order valence-electron chi connectivity index (χ3n) is 2.87. The van der Waals surface area contributed by atoms with Crippen molar-refractivity contribution in [2.45, 2.75) is 70.0 Å². The van der Waals surface area contributed by atoms with E-state index in [1.807, 2.05) is 6.26 Å². The van der Waals surface area contributed by atoms with Crippen molar-refractivity contribution in [3.63, 3.8) is 0 Å². The molecule has 0 aliphatic heterocycles. The molecule has 0 rings (SSSR count). The van der Waals surface area contributed by atoms with E-state index in [0.29, 0.717) is 0 Å². The van der Waals surface area contributed by atoms with Gasteiger partial charge in [0, 0.05) is 5.25 Å². The van der Waals surface area contributed by atoms with Crippen LogP contribution in [0.1, 0.15) is 64.7 Å². The fourth-order valence-corrected chi connectivity index (χ4v) is 2.39. The van der Waals surface area contributed by atoms with Gasteiger partial charge in [-0.25, -0.2) is 0 Å². The monoisotopic (exact) mass is 268 g/mol. The van der Waals surface area contributed by atoms with Crippen LogP contribution >= 0.6 is 11.8 Å². The van der Waals surface area contributed by atoms with E-state index in [2.05, 4.69) is 6.92 Å². The van der Waals surface area contributed by atoms with Gasteiger partial charge < -0.3 is 9.90 Å². The van der Waals surface area contributed by atoms with E-state index < -0.39 is 5.97 Å². The molecular formula is C13H25NaO2S. The summed E-state index contributed by atoms with van der Waals surface area (Å²) < 4.78 is 0. The first-order valence-electron chi connectivity index (χ1n) is 6.46. The number of carboxylic acid groups (broad SMARTS) is 1. The number of carbonyl (C=O) groups is 1. The SMILES string of the molecule is CCCCCCCCCCC(SC)C(=O)[O-].[Na+]. The average molecular weight is 268 g/mol. The van der Waals surface area contributed by atoms with Crippen LogP contribution in [-0.2, 0) is 4.79 Å². The smallest absolute Gasteiger partial charge is 0.549 e. The summed E-state index contributed by atoms with van der Waals surface area (Å²) in [5.41, 5.74) is 0. The first-order chi connectivity index (χ1) is 7.72. The van der Waals surface area contributed by atoms with E-state index in [9.17, 15) is 9.90 Å². The second-order valence-corrected chi connectivity index (χ2v) is 5.35. The van der Waals surface area contributed by atoms with Crippen LogP contribution in [0.4, 0.5) is 0 Å². The molecule has 0 saturated carbocycles. The van der Waals surface area contributed by atoms with Crippen molar-refractivity contribution in [2.75, 3.05) is 6.26 Å². The molecule has 0 spiro atoms. The van der Waals surface area contributed by atoms with Crippen LogP contribution < -0.4 is 34.7 Å². The molecule has 0 aliphatic rings. The fraction of sp³-hybridized carbons (Fsp3) is 0.923. The van der Waals surface area contributed by atoms with E-state index in [0.717, 1.165) is 19.3 Å². The topological polar surface area (TPSA) is 40.1 Å². The molecule has 0 fully saturated rings. The Hall–Kier alpha value is 0.820. The second-order valence-electron chi connectivity index (χ2n) is 4.31. The van der Waals surface area contributed by atoms with Crippen LogP contribution in [0, 0.1) is 0 Å². The molecule has 0 radical (unpaired) electrons. The predicted molar refractivity (Wildman–Crippen MR) is 69.5 cm³/mol. The Labute approximate surface area is 133 Å². The molecule has 2 nitrogen and oxygen atoms in total. The molecule has 0 aromatic heterocycles. The number of hydrogen-bond donors (Lipinski definition) is 0. The number of rotatable bonds is 11. The molecule has 0 N–H and O–H groups in total. The van der Waals surface area contributed by atoms with Gasteiger partial charge in [0.05, 0.1) is 5.97 Å². The van der Waals surface area contributed by atoms with Crippen molar-refractivity contribution in [3.05, 3.63) is 0 Å². The van der Waals surface area contributed by atoms with Gasteiger partial charge in [0.2, 0.25) is 0 Å². The summed E-state index contributed by atoms with van der Waals surface area (Å²) in [6.07, 6.45) is 12.7. The minimum absolute atomic E-state index is 0. The minimum atomic E-state index is -0.907. The number of aliphatic carboxylic acids is 1. The standard InChI is InChI=1S/C13H26O2S.Na/c1-3-4-5-6-7-8-9-10-11-12(16-2)13(14)15;/h12H,3-11H2,1-2H3,(H,14,15);/q;+1/p-1. The van der Waals surface area contributed by atoms with E-state index in [4.69, 9.17) is 0 Å². The largest absolute Gasteiger partial charge is 1.00 e. The summed E-state index contributed by atoms with van der Waals surface area (Å²) in [5.74, 6) is -0.907. The van der Waals surface area contributed by atoms with Gasteiger partial charge in [0.15, 0.2) is 0 Å². The predicted octanol–water partition coefficient (Wildman–Crippen LogP) is 0.00270. The molecule has 0 heterocycles. The van der Waals surface area contributed by atoms with Gasteiger partial charge in [-0.2, -0.15) is 11.8 Å². The van der Waals surface area contributed by atoms with Gasteiger partial charge in [0.25, 0.3) is 0 Å². The number of hydrogen-bond acceptors (Lipinski definition) is 3. The molecular weight excluding hydrogens is 243 g/mol. The summed E-state index contributed by atoms with van der Waals surface area (Å²) in [6, 6.07) is 0. The molecule has 0 aliphatic carbocycles. The van der Waals surface area contributed by atoms with E-state index in [-0.39, 0.29) is 34.8 Å². The molecule has 17 heavy (non-hydrogen) atoms. The Morgan fingerprint density at radius 1 is 1.06 bits per heavy atom. The van der Waals surface area contributed by atoms with Gasteiger partial charge in [-0.15, -0.1) is 0 Å². The second kappa shape index (κ2) is 14.9. The number of carbonyl (C=O) groups excluding carboxylic acids is 1. The van der Waals surface area contributed by atoms with Crippen molar-refractivity contribution in [2.24, 2.45) is 0 Å². The summed E-state index contributed by atoms with van der Waals surface area (Å²) in [4.78, 5) is 10.6. The number of carboxylic acids is 1. The third kappa shape index (κ3) is 13.1. The van der Waals surface area contributed by atoms with Crippen LogP contribution in [0.2, 0.25) is 0 Å². The van der Waals surface area contributed by atoms with Crippen molar-refractivity contribution in [1.29, 1.82) is 0 Å². The molecule has 1 atom stereocenters. The van der Waals surface area contributed by atoms with Crippen LogP contribution in [-0.4, -0.2) is 17.5 Å². The van der Waals surface area contributed by atoms with Crippen LogP contribution in [0.5, 0.6) is 0 Å². The summed E-state index contributed by atoms with van der Waals surface area (Å²) in [7, 11) is 0. The Morgan fingerprint density at radius 2 is 1.53 bits per heavy atom. The van der Waals surface area contributed by atoms with Crippen molar-refractivity contribution >= 4 is 17.7 Å². The molecule has 0 saturated heterocycles. The van der Waals surface area contributed by atoms with Gasteiger partial charge in [-0.1, -0.05) is 58.3 Å². The van der Waals surface area contributed by atoms with Gasteiger partial charge >= 0.3 is 29.6 Å². The molecule has 0 aromatic carbocycles. The van der Waals surface area contributed by atoms with E-state index in [1.54, 1.807) is 0 Å². The number of thioether (sulfide) groups is 1. The zero-order valence-electron chi connectivity index (χ0n) is 11.7. The maximum atomic E-state index is 10.6. The van der Waals surface area contributed by atoms with E-state index >= 15 is 0 Å². The van der Waals surface area contributed by atoms with Gasteiger partial charge in [-0.05, 0) is 12.7 Å². The van der Waals surface area contributed by atoms with Crippen LogP contribution in [0.3, 0.4) is 0 Å². The Kier molecular flexibility index (Phi) is 17.6. The molecule has 1 unspecified atom stereocenters. The summed E-state index contributed by atoms with van der Waals surface area (Å²) in [6.45, 7) is 2.22. The Bertz CT molecular complexity index is 177. The maximum absolute atomic E-state index is 10.6. The van der Waals surface area contributed by atoms with Gasteiger partial charge in [-0.3, -0.25) is 0 Å². The minimum Gasteiger partial charge on any atom is -0.549 e. The van der Waals surface area contributed by atoms with Crippen molar-refractivity contribution < 1.29 is 39.5 Å². The molecule has 0 bridgehead atoms. The number of unbranched alkanes of at least 4 members (excludes halogenated alkanes) is 7. The molecule has 96 valence electrons. The van der Waals surface area contributed by atoms with Crippen LogP contribution in [0.15, 0.2) is 0 Å². The molecule has 0 aromatic rings. The molecule has 4 heteroatoms. The first kappa shape index (κ1) is 20.1. The summed E-state index contributed by atoms with van der Waals surface area (Å²) >= 11 is 1.39. The maximum Gasteiger partial charge on any atom is 1.00 e. The Balaban J connectivity index is 0. The van der Waals surface area contributed by atoms with E-state index in [1.165, 1.54) is 50.3 Å². The van der Waals surface area contributed by atoms with Crippen molar-refractivity contribution in [3.8, 4) is 0 Å². The first-order valence-corrected chi connectivity index (χ1v) is 7.74. The zero-order chi connectivity index (χ0) is 12.2. The van der Waals surface area contributed by atoms with Crippen molar-refractivity contribution in [1.82, 2.24) is 0 Å². The summed E-state index contributed by atoms with van der Waals surface area (Å²) in [5, 5.41) is 10.3. The quantitative estimate of drug-likeness (QED) is 0.391. The third-order valence-corrected chi connectivity index (χ3v) is 3.86.